The smallest absolute Gasteiger partial charge is 0.246 e. The van der Waals surface area contributed by atoms with Crippen molar-refractivity contribution in [1.82, 2.24) is 14.1 Å². The minimum Gasteiger partial charge on any atom is -0.333 e. The van der Waals surface area contributed by atoms with Crippen LogP contribution in [0.3, 0.4) is 0 Å². The Balaban J connectivity index is 2.19. The number of carbonyl (C=O) groups is 2. The van der Waals surface area contributed by atoms with E-state index < -0.39 is 22.0 Å². The molecular formula is C18H31N3O4S. The Morgan fingerprint density at radius 2 is 2.04 bits per heavy atom. The largest absolute Gasteiger partial charge is 0.333 e. The van der Waals surface area contributed by atoms with Gasteiger partial charge in [-0.15, -0.1) is 0 Å². The van der Waals surface area contributed by atoms with Crippen molar-refractivity contribution >= 4 is 21.8 Å². The maximum Gasteiger partial charge on any atom is 0.246 e. The molecule has 0 bridgehead atoms. The second kappa shape index (κ2) is 8.08. The molecule has 2 fully saturated rings. The number of likely N-dealkylation sites (N-methyl/N-ethyl adjacent to an activating group) is 1. The van der Waals surface area contributed by atoms with Gasteiger partial charge in [-0.05, 0) is 32.4 Å². The van der Waals surface area contributed by atoms with Gasteiger partial charge in [0, 0.05) is 19.2 Å². The van der Waals surface area contributed by atoms with Crippen molar-refractivity contribution < 1.29 is 18.0 Å². The molecular weight excluding hydrogens is 354 g/mol. The van der Waals surface area contributed by atoms with Crippen LogP contribution >= 0.6 is 0 Å². The number of rotatable bonds is 7. The zero-order valence-corrected chi connectivity index (χ0v) is 17.2. The van der Waals surface area contributed by atoms with Crippen molar-refractivity contribution in [2.45, 2.75) is 45.7 Å². The Morgan fingerprint density at radius 3 is 2.58 bits per heavy atom. The molecule has 7 nitrogen and oxygen atoms in total. The molecule has 0 aliphatic carbocycles. The molecule has 0 aromatic rings. The van der Waals surface area contributed by atoms with E-state index >= 15 is 0 Å². The SMILES string of the molecule is CCCN(C)CC=CC(=O)N1CC[C@H]2[C@H]1[C@@H](C(C)C)C(=O)N2S(C)(=O)=O. The maximum atomic E-state index is 12.7. The predicted octanol–water partition coefficient (Wildman–Crippen LogP) is 0.928. The van der Waals surface area contributed by atoms with Crippen LogP contribution in [-0.2, 0) is 19.6 Å². The second-order valence-corrected chi connectivity index (χ2v) is 9.57. The molecule has 8 heteroatoms. The molecule has 0 saturated carbocycles. The molecule has 2 aliphatic heterocycles. The first-order chi connectivity index (χ1) is 12.1. The lowest BCUT2D eigenvalue weighted by atomic mass is 9.88. The summed E-state index contributed by atoms with van der Waals surface area (Å²) in [6.07, 6.45) is 6.01. The molecule has 0 unspecified atom stereocenters. The summed E-state index contributed by atoms with van der Waals surface area (Å²) in [4.78, 5) is 29.2. The zero-order valence-electron chi connectivity index (χ0n) is 16.4. The third-order valence-electron chi connectivity index (χ3n) is 5.23. The van der Waals surface area contributed by atoms with Crippen LogP contribution in [0.2, 0.25) is 0 Å². The highest BCUT2D eigenvalue weighted by Gasteiger charge is 2.58. The summed E-state index contributed by atoms with van der Waals surface area (Å²) in [5, 5.41) is 0. The number of nitrogens with zero attached hydrogens (tertiary/aromatic N) is 3. The number of likely N-dealkylation sites (tertiary alicyclic amines) is 1. The molecule has 148 valence electrons. The zero-order chi connectivity index (χ0) is 19.6. The van der Waals surface area contributed by atoms with Crippen molar-refractivity contribution in [3.05, 3.63) is 12.2 Å². The summed E-state index contributed by atoms with van der Waals surface area (Å²) < 4.78 is 25.3. The third kappa shape index (κ3) is 4.11. The highest BCUT2D eigenvalue weighted by atomic mass is 32.2. The first-order valence-corrected chi connectivity index (χ1v) is 11.1. The van der Waals surface area contributed by atoms with Crippen LogP contribution in [0, 0.1) is 11.8 Å². The van der Waals surface area contributed by atoms with Crippen LogP contribution in [0.5, 0.6) is 0 Å². The van der Waals surface area contributed by atoms with Crippen LogP contribution in [0.4, 0.5) is 0 Å². The fraction of sp³-hybridized carbons (Fsp3) is 0.778. The van der Waals surface area contributed by atoms with Gasteiger partial charge in [0.1, 0.15) is 0 Å². The Kier molecular flexibility index (Phi) is 6.50. The van der Waals surface area contributed by atoms with Crippen molar-refractivity contribution in [2.24, 2.45) is 11.8 Å². The monoisotopic (exact) mass is 385 g/mol. The molecule has 0 aromatic carbocycles. The Labute approximate surface area is 157 Å². The highest BCUT2D eigenvalue weighted by Crippen LogP contribution is 2.41. The molecule has 2 amide bonds. The average molecular weight is 386 g/mol. The van der Waals surface area contributed by atoms with Gasteiger partial charge in [-0.25, -0.2) is 12.7 Å². The lowest BCUT2D eigenvalue weighted by molar-refractivity contribution is -0.131. The van der Waals surface area contributed by atoms with E-state index in [1.54, 1.807) is 11.0 Å². The number of hydrogen-bond acceptors (Lipinski definition) is 5. The van der Waals surface area contributed by atoms with E-state index in [4.69, 9.17) is 0 Å². The van der Waals surface area contributed by atoms with E-state index in [1.807, 2.05) is 27.0 Å². The van der Waals surface area contributed by atoms with E-state index in [-0.39, 0.29) is 23.8 Å². The number of hydrogen-bond donors (Lipinski definition) is 0. The summed E-state index contributed by atoms with van der Waals surface area (Å²) in [5.41, 5.74) is 0. The average Bonchev–Trinajstić information content (AvgIpc) is 3.02. The van der Waals surface area contributed by atoms with Crippen molar-refractivity contribution in [2.75, 3.05) is 32.9 Å². The standard InChI is InChI=1S/C18H31N3O4S/c1-6-10-19(4)11-7-8-15(22)20-12-9-14-17(20)16(13(2)3)18(23)21(14)26(5,24)25/h7-8,13-14,16-17H,6,9-12H2,1-5H3/t14-,16+,17-/m0/s1. The Bertz CT molecular complexity index is 674. The van der Waals surface area contributed by atoms with Crippen molar-refractivity contribution in [3.63, 3.8) is 0 Å². The third-order valence-corrected chi connectivity index (χ3v) is 6.40. The van der Waals surface area contributed by atoms with Gasteiger partial charge in [0.2, 0.25) is 21.8 Å². The molecule has 2 rings (SSSR count). The van der Waals surface area contributed by atoms with E-state index in [0.717, 1.165) is 23.5 Å². The minimum absolute atomic E-state index is 0.0326. The summed E-state index contributed by atoms with van der Waals surface area (Å²) in [6, 6.07) is -0.812. The summed E-state index contributed by atoms with van der Waals surface area (Å²) >= 11 is 0. The van der Waals surface area contributed by atoms with Gasteiger partial charge in [-0.3, -0.25) is 9.59 Å². The topological polar surface area (TPSA) is 78.0 Å². The molecule has 2 saturated heterocycles. The summed E-state index contributed by atoms with van der Waals surface area (Å²) in [7, 11) is -1.64. The van der Waals surface area contributed by atoms with Gasteiger partial charge in [-0.2, -0.15) is 0 Å². The Morgan fingerprint density at radius 1 is 1.38 bits per heavy atom. The predicted molar refractivity (Wildman–Crippen MR) is 101 cm³/mol. The quantitative estimate of drug-likeness (QED) is 0.609. The van der Waals surface area contributed by atoms with Crippen LogP contribution < -0.4 is 0 Å². The number of sulfonamides is 1. The van der Waals surface area contributed by atoms with Gasteiger partial charge >= 0.3 is 0 Å². The fourth-order valence-corrected chi connectivity index (χ4v) is 5.36. The first-order valence-electron chi connectivity index (χ1n) is 9.28. The molecule has 0 aromatic heterocycles. The molecule has 26 heavy (non-hydrogen) atoms. The van der Waals surface area contributed by atoms with Crippen LogP contribution in [0.1, 0.15) is 33.6 Å². The van der Waals surface area contributed by atoms with Crippen LogP contribution in [0.25, 0.3) is 0 Å². The molecule has 0 radical (unpaired) electrons. The number of fused-ring (bicyclic) bond motifs is 1. The Hall–Kier alpha value is -1.41. The van der Waals surface area contributed by atoms with E-state index in [0.29, 0.717) is 19.5 Å². The fourth-order valence-electron chi connectivity index (χ4n) is 4.19. The molecule has 0 N–H and O–H groups in total. The molecule has 3 atom stereocenters. The van der Waals surface area contributed by atoms with Gasteiger partial charge in [0.25, 0.3) is 0 Å². The molecule has 0 spiro atoms. The first kappa shape index (κ1) is 20.9. The van der Waals surface area contributed by atoms with Crippen LogP contribution in [0.15, 0.2) is 12.2 Å². The lowest BCUT2D eigenvalue weighted by Crippen LogP contribution is -2.43. The minimum atomic E-state index is -3.63. The number of amides is 2. The second-order valence-electron chi connectivity index (χ2n) is 7.71. The molecule has 2 aliphatic rings. The normalized spacial score (nSPS) is 26.6. The van der Waals surface area contributed by atoms with Crippen molar-refractivity contribution in [3.8, 4) is 0 Å². The van der Waals surface area contributed by atoms with E-state index in [9.17, 15) is 18.0 Å². The molecule has 2 heterocycles. The summed E-state index contributed by atoms with van der Waals surface area (Å²) in [6.45, 7) is 8.03. The lowest BCUT2D eigenvalue weighted by Gasteiger charge is -2.28. The van der Waals surface area contributed by atoms with E-state index in [2.05, 4.69) is 11.8 Å². The van der Waals surface area contributed by atoms with Gasteiger partial charge < -0.3 is 9.80 Å². The highest BCUT2D eigenvalue weighted by molar-refractivity contribution is 7.88. The maximum absolute atomic E-state index is 12.7. The van der Waals surface area contributed by atoms with Gasteiger partial charge in [0.05, 0.1) is 24.3 Å². The van der Waals surface area contributed by atoms with Crippen LogP contribution in [-0.4, -0.2) is 79.4 Å². The van der Waals surface area contributed by atoms with Gasteiger partial charge in [-0.1, -0.05) is 26.8 Å². The van der Waals surface area contributed by atoms with Crippen molar-refractivity contribution in [1.29, 1.82) is 0 Å². The number of carbonyl (C=O) groups excluding carboxylic acids is 2. The van der Waals surface area contributed by atoms with Gasteiger partial charge in [0.15, 0.2) is 0 Å². The van der Waals surface area contributed by atoms with E-state index in [1.165, 1.54) is 0 Å². The summed E-state index contributed by atoms with van der Waals surface area (Å²) in [5.74, 6) is -1.02.